The highest BCUT2D eigenvalue weighted by Crippen LogP contribution is 2.20. The quantitative estimate of drug-likeness (QED) is 0.477. The van der Waals surface area contributed by atoms with Gasteiger partial charge in [-0.2, -0.15) is 0 Å². The summed E-state index contributed by atoms with van der Waals surface area (Å²) in [4.78, 5) is 22.2. The second kappa shape index (κ2) is 6.37. The van der Waals surface area contributed by atoms with Gasteiger partial charge in [0.25, 0.3) is 5.69 Å². The molecule has 0 aliphatic carbocycles. The van der Waals surface area contributed by atoms with E-state index in [1.807, 2.05) is 0 Å². The van der Waals surface area contributed by atoms with Crippen LogP contribution in [0.15, 0.2) is 48.5 Å². The van der Waals surface area contributed by atoms with Gasteiger partial charge >= 0.3 is 0 Å². The Balaban J connectivity index is 2.08. The molecule has 21 heavy (non-hydrogen) atoms. The van der Waals surface area contributed by atoms with Crippen molar-refractivity contribution in [1.29, 1.82) is 0 Å². The molecule has 0 fully saturated rings. The molecule has 6 heteroatoms. The van der Waals surface area contributed by atoms with E-state index in [2.05, 4.69) is 0 Å². The summed E-state index contributed by atoms with van der Waals surface area (Å²) in [6.07, 6.45) is -0.718. The number of nitro benzene ring substituents is 1. The number of nitro groups is 1. The summed E-state index contributed by atoms with van der Waals surface area (Å²) in [5.41, 5.74) is 0.424. The van der Waals surface area contributed by atoms with Crippen molar-refractivity contribution in [2.45, 2.75) is 13.0 Å². The monoisotopic (exact) mass is 305 g/mol. The van der Waals surface area contributed by atoms with Gasteiger partial charge in [0.1, 0.15) is 5.75 Å². The highest BCUT2D eigenvalue weighted by Gasteiger charge is 2.17. The lowest BCUT2D eigenvalue weighted by atomic mass is 10.1. The first-order chi connectivity index (χ1) is 9.97. The lowest BCUT2D eigenvalue weighted by molar-refractivity contribution is -0.384. The highest BCUT2D eigenvalue weighted by molar-refractivity contribution is 6.31. The molecule has 1 unspecified atom stereocenters. The van der Waals surface area contributed by atoms with Gasteiger partial charge in [0, 0.05) is 22.7 Å². The van der Waals surface area contributed by atoms with Gasteiger partial charge in [-0.15, -0.1) is 0 Å². The van der Waals surface area contributed by atoms with Gasteiger partial charge in [0.2, 0.25) is 5.78 Å². The molecular weight excluding hydrogens is 294 g/mol. The Morgan fingerprint density at radius 3 is 2.48 bits per heavy atom. The molecule has 0 amide bonds. The zero-order valence-corrected chi connectivity index (χ0v) is 11.9. The van der Waals surface area contributed by atoms with Crippen LogP contribution in [0.2, 0.25) is 5.02 Å². The number of carbonyl (C=O) groups excluding carboxylic acids is 1. The third kappa shape index (κ3) is 3.79. The molecule has 0 aliphatic rings. The summed E-state index contributed by atoms with van der Waals surface area (Å²) < 4.78 is 5.49. The number of rotatable bonds is 5. The molecule has 0 bridgehead atoms. The summed E-state index contributed by atoms with van der Waals surface area (Å²) in [5.74, 6) is 0.180. The molecule has 2 aromatic carbocycles. The molecule has 0 radical (unpaired) electrons. The summed E-state index contributed by atoms with van der Waals surface area (Å²) in [6.45, 7) is 1.62. The normalized spacial score (nSPS) is 11.7. The lowest BCUT2D eigenvalue weighted by Gasteiger charge is -2.13. The van der Waals surface area contributed by atoms with E-state index in [0.717, 1.165) is 0 Å². The second-order valence-corrected chi connectivity index (χ2v) is 4.82. The third-order valence-corrected chi connectivity index (χ3v) is 3.07. The van der Waals surface area contributed by atoms with E-state index in [4.69, 9.17) is 16.3 Å². The molecule has 2 rings (SSSR count). The van der Waals surface area contributed by atoms with E-state index in [1.54, 1.807) is 31.2 Å². The highest BCUT2D eigenvalue weighted by atomic mass is 35.5. The van der Waals surface area contributed by atoms with Crippen LogP contribution in [-0.2, 0) is 0 Å². The third-order valence-electron chi connectivity index (χ3n) is 2.84. The Bertz CT molecular complexity index is 670. The minimum Gasteiger partial charge on any atom is -0.483 e. The maximum Gasteiger partial charge on any atom is 0.269 e. The van der Waals surface area contributed by atoms with Crippen molar-refractivity contribution in [2.24, 2.45) is 0 Å². The Morgan fingerprint density at radius 2 is 1.90 bits per heavy atom. The van der Waals surface area contributed by atoms with Crippen LogP contribution >= 0.6 is 11.6 Å². The van der Waals surface area contributed by atoms with Gasteiger partial charge in [-0.05, 0) is 31.2 Å². The van der Waals surface area contributed by atoms with Gasteiger partial charge in [-0.25, -0.2) is 0 Å². The van der Waals surface area contributed by atoms with Crippen molar-refractivity contribution in [2.75, 3.05) is 0 Å². The number of ketones is 1. The zero-order chi connectivity index (χ0) is 15.4. The van der Waals surface area contributed by atoms with Crippen LogP contribution in [0.1, 0.15) is 17.3 Å². The SMILES string of the molecule is CC(Oc1ccc([N+](=O)[O-])cc1)C(=O)c1cccc(Cl)c1. The standard InChI is InChI=1S/C15H12ClNO4/c1-10(15(18)11-3-2-4-12(16)9-11)21-14-7-5-13(6-8-14)17(19)20/h2-10H,1H3. The molecule has 0 heterocycles. The fourth-order valence-corrected chi connectivity index (χ4v) is 1.97. The number of carbonyl (C=O) groups is 1. The molecular formula is C15H12ClNO4. The number of non-ortho nitro benzene ring substituents is 1. The molecule has 2 aromatic rings. The maximum atomic E-state index is 12.2. The Hall–Kier alpha value is -2.40. The van der Waals surface area contributed by atoms with Crippen LogP contribution in [0.3, 0.4) is 0 Å². The van der Waals surface area contributed by atoms with Crippen LogP contribution in [0.5, 0.6) is 5.75 Å². The fourth-order valence-electron chi connectivity index (χ4n) is 1.78. The van der Waals surface area contributed by atoms with Crippen molar-refractivity contribution < 1.29 is 14.5 Å². The van der Waals surface area contributed by atoms with E-state index in [0.29, 0.717) is 16.3 Å². The van der Waals surface area contributed by atoms with Crippen molar-refractivity contribution in [1.82, 2.24) is 0 Å². The van der Waals surface area contributed by atoms with E-state index in [1.165, 1.54) is 24.3 Å². The average Bonchev–Trinajstić information content (AvgIpc) is 2.47. The number of benzene rings is 2. The second-order valence-electron chi connectivity index (χ2n) is 4.39. The van der Waals surface area contributed by atoms with Gasteiger partial charge in [0.15, 0.2) is 6.10 Å². The molecule has 108 valence electrons. The van der Waals surface area contributed by atoms with Gasteiger partial charge in [-0.3, -0.25) is 14.9 Å². The van der Waals surface area contributed by atoms with Crippen molar-refractivity contribution >= 4 is 23.1 Å². The topological polar surface area (TPSA) is 69.4 Å². The minimum atomic E-state index is -0.718. The Labute approximate surface area is 126 Å². The summed E-state index contributed by atoms with van der Waals surface area (Å²) in [6, 6.07) is 12.2. The molecule has 0 N–H and O–H groups in total. The van der Waals surface area contributed by atoms with Gasteiger partial charge in [0.05, 0.1) is 4.92 Å². The number of ether oxygens (including phenoxy) is 1. The largest absolute Gasteiger partial charge is 0.483 e. The maximum absolute atomic E-state index is 12.2. The smallest absolute Gasteiger partial charge is 0.269 e. The predicted octanol–water partition coefficient (Wildman–Crippen LogP) is 3.90. The molecule has 5 nitrogen and oxygen atoms in total. The molecule has 0 aromatic heterocycles. The number of halogens is 1. The fraction of sp³-hybridized carbons (Fsp3) is 0.133. The first-order valence-electron chi connectivity index (χ1n) is 6.18. The number of hydrogen-bond donors (Lipinski definition) is 0. The van der Waals surface area contributed by atoms with Crippen molar-refractivity contribution in [3.8, 4) is 5.75 Å². The number of nitrogens with zero attached hydrogens (tertiary/aromatic N) is 1. The first kappa shape index (κ1) is 15.0. The lowest BCUT2D eigenvalue weighted by Crippen LogP contribution is -2.23. The van der Waals surface area contributed by atoms with Crippen LogP contribution in [0.4, 0.5) is 5.69 Å². The predicted molar refractivity (Wildman–Crippen MR) is 79.0 cm³/mol. The molecule has 0 saturated heterocycles. The Kier molecular flexibility index (Phi) is 4.55. The van der Waals surface area contributed by atoms with E-state index in [-0.39, 0.29) is 11.5 Å². The summed E-state index contributed by atoms with van der Waals surface area (Å²) in [7, 11) is 0. The molecule has 0 spiro atoms. The van der Waals surface area contributed by atoms with Gasteiger partial charge in [-0.1, -0.05) is 23.7 Å². The Morgan fingerprint density at radius 1 is 1.24 bits per heavy atom. The minimum absolute atomic E-state index is 0.0313. The number of hydrogen-bond acceptors (Lipinski definition) is 4. The van der Waals surface area contributed by atoms with Crippen molar-refractivity contribution in [3.05, 3.63) is 69.2 Å². The molecule has 0 saturated carbocycles. The average molecular weight is 306 g/mol. The van der Waals surface area contributed by atoms with Crippen LogP contribution < -0.4 is 4.74 Å². The van der Waals surface area contributed by atoms with Crippen LogP contribution in [0, 0.1) is 10.1 Å². The zero-order valence-electron chi connectivity index (χ0n) is 11.2. The summed E-state index contributed by atoms with van der Waals surface area (Å²) in [5, 5.41) is 11.0. The number of Topliss-reactive ketones (excluding diaryl/α,β-unsaturated/α-hetero) is 1. The summed E-state index contributed by atoms with van der Waals surface area (Å²) >= 11 is 5.84. The van der Waals surface area contributed by atoms with Crippen LogP contribution in [-0.4, -0.2) is 16.8 Å². The van der Waals surface area contributed by atoms with E-state index < -0.39 is 11.0 Å². The van der Waals surface area contributed by atoms with Gasteiger partial charge < -0.3 is 4.74 Å². The van der Waals surface area contributed by atoms with Crippen molar-refractivity contribution in [3.63, 3.8) is 0 Å². The molecule has 1 atom stereocenters. The van der Waals surface area contributed by atoms with E-state index >= 15 is 0 Å². The first-order valence-corrected chi connectivity index (χ1v) is 6.56. The van der Waals surface area contributed by atoms with E-state index in [9.17, 15) is 14.9 Å². The van der Waals surface area contributed by atoms with Crippen LogP contribution in [0.25, 0.3) is 0 Å². The molecule has 0 aliphatic heterocycles.